The molecule has 2 aromatic carbocycles. The molecule has 0 radical (unpaired) electrons. The molecule has 0 amide bonds. The molecule has 0 bridgehead atoms. The van der Waals surface area contributed by atoms with E-state index in [1.165, 1.54) is 0 Å². The van der Waals surface area contributed by atoms with Crippen LogP contribution in [0.15, 0.2) is 53.0 Å². The Hall–Kier alpha value is -1.58. The summed E-state index contributed by atoms with van der Waals surface area (Å²) >= 11 is 8.77. The highest BCUT2D eigenvalue weighted by Crippen LogP contribution is 2.17. The Labute approximate surface area is 137 Å². The molecule has 0 heterocycles. The van der Waals surface area contributed by atoms with E-state index in [1.54, 1.807) is 6.92 Å². The summed E-state index contributed by atoms with van der Waals surface area (Å²) < 4.78 is 6.46. The van der Waals surface area contributed by atoms with Crippen molar-refractivity contribution in [3.8, 4) is 5.75 Å². The molecule has 0 N–H and O–H groups in total. The van der Waals surface area contributed by atoms with Crippen LogP contribution in [0.2, 0.25) is 0 Å². The van der Waals surface area contributed by atoms with Crippen LogP contribution in [0.1, 0.15) is 18.1 Å². The van der Waals surface area contributed by atoms with E-state index in [0.29, 0.717) is 5.75 Å². The molecule has 4 heteroatoms. The van der Waals surface area contributed by atoms with Crippen molar-refractivity contribution < 1.29 is 9.53 Å². The standard InChI is InChI=1S/C17H14BrClO2/c1-12(17(19)20)21-16-10-6-14(7-11-16)3-2-13-4-8-15(18)9-5-13/h2-12H,1H3/b3-2+. The van der Waals surface area contributed by atoms with Crippen molar-refractivity contribution in [3.05, 3.63) is 64.1 Å². The largest absolute Gasteiger partial charge is 0.482 e. The van der Waals surface area contributed by atoms with Gasteiger partial charge in [0.05, 0.1) is 0 Å². The molecule has 1 atom stereocenters. The molecule has 0 aliphatic rings. The molecule has 0 fully saturated rings. The van der Waals surface area contributed by atoms with Crippen molar-refractivity contribution in [2.45, 2.75) is 13.0 Å². The Morgan fingerprint density at radius 1 is 1.05 bits per heavy atom. The Bertz CT molecular complexity index is 633. The molecule has 0 saturated carbocycles. The van der Waals surface area contributed by atoms with Gasteiger partial charge in [0.15, 0.2) is 6.10 Å². The Kier molecular flexibility index (Phi) is 5.59. The average molecular weight is 366 g/mol. The Morgan fingerprint density at radius 2 is 1.52 bits per heavy atom. The zero-order chi connectivity index (χ0) is 15.2. The molecule has 0 saturated heterocycles. The summed E-state index contributed by atoms with van der Waals surface area (Å²) in [6.07, 6.45) is 3.41. The van der Waals surface area contributed by atoms with Crippen LogP contribution in [-0.2, 0) is 4.79 Å². The molecule has 0 spiro atoms. The topological polar surface area (TPSA) is 26.3 Å². The zero-order valence-corrected chi connectivity index (χ0v) is 13.8. The minimum atomic E-state index is -0.643. The van der Waals surface area contributed by atoms with Gasteiger partial charge < -0.3 is 4.74 Å². The van der Waals surface area contributed by atoms with Crippen LogP contribution in [0.5, 0.6) is 5.75 Å². The number of halogens is 2. The van der Waals surface area contributed by atoms with Crippen LogP contribution in [0.4, 0.5) is 0 Å². The number of carbonyl (C=O) groups excluding carboxylic acids is 1. The van der Waals surface area contributed by atoms with Crippen molar-refractivity contribution in [1.82, 2.24) is 0 Å². The third-order valence-electron chi connectivity index (χ3n) is 2.85. The molecule has 0 aliphatic heterocycles. The second-order valence-electron chi connectivity index (χ2n) is 4.52. The Morgan fingerprint density at radius 3 is 2.00 bits per heavy atom. The minimum absolute atomic E-state index is 0.505. The van der Waals surface area contributed by atoms with Gasteiger partial charge in [-0.2, -0.15) is 0 Å². The first-order chi connectivity index (χ1) is 10.0. The van der Waals surface area contributed by atoms with Gasteiger partial charge in [0.2, 0.25) is 0 Å². The summed E-state index contributed by atoms with van der Waals surface area (Å²) in [5.74, 6) is 0.622. The molecule has 2 aromatic rings. The van der Waals surface area contributed by atoms with E-state index in [2.05, 4.69) is 15.9 Å². The second-order valence-corrected chi connectivity index (χ2v) is 5.81. The summed E-state index contributed by atoms with van der Waals surface area (Å²) in [7, 11) is 0. The first-order valence-electron chi connectivity index (χ1n) is 6.44. The van der Waals surface area contributed by atoms with E-state index in [-0.39, 0.29) is 0 Å². The van der Waals surface area contributed by atoms with Gasteiger partial charge in [0.25, 0.3) is 5.24 Å². The van der Waals surface area contributed by atoms with Gasteiger partial charge in [0, 0.05) is 4.47 Å². The molecular weight excluding hydrogens is 352 g/mol. The van der Waals surface area contributed by atoms with Gasteiger partial charge in [-0.05, 0) is 53.9 Å². The smallest absolute Gasteiger partial charge is 0.262 e. The first kappa shape index (κ1) is 15.8. The van der Waals surface area contributed by atoms with Crippen LogP contribution < -0.4 is 4.74 Å². The van der Waals surface area contributed by atoms with Crippen molar-refractivity contribution >= 4 is 44.9 Å². The van der Waals surface area contributed by atoms with Crippen molar-refractivity contribution in [3.63, 3.8) is 0 Å². The summed E-state index contributed by atoms with van der Waals surface area (Å²) in [6.45, 7) is 1.62. The number of hydrogen-bond donors (Lipinski definition) is 0. The van der Waals surface area contributed by atoms with E-state index < -0.39 is 11.3 Å². The highest BCUT2D eigenvalue weighted by Gasteiger charge is 2.10. The van der Waals surface area contributed by atoms with Gasteiger partial charge >= 0.3 is 0 Å². The molecular formula is C17H14BrClO2. The van der Waals surface area contributed by atoms with Crippen molar-refractivity contribution in [1.29, 1.82) is 0 Å². The highest BCUT2D eigenvalue weighted by molar-refractivity contribution is 9.10. The van der Waals surface area contributed by atoms with Crippen LogP contribution in [-0.4, -0.2) is 11.3 Å². The summed E-state index contributed by atoms with van der Waals surface area (Å²) in [4.78, 5) is 10.9. The predicted molar refractivity (Wildman–Crippen MR) is 90.5 cm³/mol. The quantitative estimate of drug-likeness (QED) is 0.541. The lowest BCUT2D eigenvalue weighted by atomic mass is 10.1. The monoisotopic (exact) mass is 364 g/mol. The van der Waals surface area contributed by atoms with E-state index >= 15 is 0 Å². The van der Waals surface area contributed by atoms with E-state index in [0.717, 1.165) is 15.6 Å². The number of ether oxygens (including phenoxy) is 1. The fourth-order valence-corrected chi connectivity index (χ4v) is 1.98. The second kappa shape index (κ2) is 7.43. The third kappa shape index (κ3) is 5.03. The number of benzene rings is 2. The maximum absolute atomic E-state index is 10.9. The normalized spacial score (nSPS) is 12.3. The maximum atomic E-state index is 10.9. The third-order valence-corrected chi connectivity index (χ3v) is 3.69. The van der Waals surface area contributed by atoms with E-state index in [1.807, 2.05) is 60.7 Å². The summed E-state index contributed by atoms with van der Waals surface area (Å²) in [6, 6.07) is 15.6. The fourth-order valence-electron chi connectivity index (χ4n) is 1.67. The van der Waals surface area contributed by atoms with Crippen molar-refractivity contribution in [2.75, 3.05) is 0 Å². The molecule has 0 aliphatic carbocycles. The van der Waals surface area contributed by atoms with Crippen LogP contribution in [0.3, 0.4) is 0 Å². The number of hydrogen-bond acceptors (Lipinski definition) is 2. The van der Waals surface area contributed by atoms with Crippen LogP contribution in [0, 0.1) is 0 Å². The van der Waals surface area contributed by atoms with Gasteiger partial charge in [0.1, 0.15) is 5.75 Å². The van der Waals surface area contributed by atoms with Crippen molar-refractivity contribution in [2.24, 2.45) is 0 Å². The van der Waals surface area contributed by atoms with E-state index in [4.69, 9.17) is 16.3 Å². The van der Waals surface area contributed by atoms with Gasteiger partial charge in [-0.25, -0.2) is 0 Å². The molecule has 2 rings (SSSR count). The average Bonchev–Trinajstić information content (AvgIpc) is 2.48. The lowest BCUT2D eigenvalue weighted by molar-refractivity contribution is -0.117. The lowest BCUT2D eigenvalue weighted by Crippen LogP contribution is -2.18. The molecule has 21 heavy (non-hydrogen) atoms. The SMILES string of the molecule is CC(Oc1ccc(/C=C/c2ccc(Br)cc2)cc1)C(=O)Cl. The molecule has 2 nitrogen and oxygen atoms in total. The van der Waals surface area contributed by atoms with Gasteiger partial charge in [-0.15, -0.1) is 0 Å². The van der Waals surface area contributed by atoms with E-state index in [9.17, 15) is 4.79 Å². The number of carbonyl (C=O) groups is 1. The van der Waals surface area contributed by atoms with Crippen LogP contribution in [0.25, 0.3) is 12.2 Å². The predicted octanol–water partition coefficient (Wildman–Crippen LogP) is 5.15. The fraction of sp³-hybridized carbons (Fsp3) is 0.118. The number of rotatable bonds is 5. The molecule has 1 unspecified atom stereocenters. The minimum Gasteiger partial charge on any atom is -0.482 e. The zero-order valence-electron chi connectivity index (χ0n) is 11.4. The highest BCUT2D eigenvalue weighted by atomic mass is 79.9. The van der Waals surface area contributed by atoms with Gasteiger partial charge in [-0.1, -0.05) is 52.3 Å². The van der Waals surface area contributed by atoms with Crippen LogP contribution >= 0.6 is 27.5 Å². The lowest BCUT2D eigenvalue weighted by Gasteiger charge is -2.10. The maximum Gasteiger partial charge on any atom is 0.262 e. The molecule has 0 aromatic heterocycles. The van der Waals surface area contributed by atoms with Gasteiger partial charge in [-0.3, -0.25) is 4.79 Å². The first-order valence-corrected chi connectivity index (χ1v) is 7.61. The Balaban J connectivity index is 2.02. The summed E-state index contributed by atoms with van der Waals surface area (Å²) in [5.41, 5.74) is 2.18. The molecule has 108 valence electrons. The summed E-state index contributed by atoms with van der Waals surface area (Å²) in [5, 5.41) is -0.505.